The van der Waals surface area contributed by atoms with Crippen molar-refractivity contribution in [2.24, 2.45) is 16.9 Å². The summed E-state index contributed by atoms with van der Waals surface area (Å²) in [5.41, 5.74) is 10.0. The standard InChI is InChI=1S/C8H15N3O2/c1-5(6(10)12)11-7(13)8(4-9)2-3-8/h5H,2-4,9H2,1H3,(H2,10,12)(H,11,13). The molecule has 0 bridgehead atoms. The summed E-state index contributed by atoms with van der Waals surface area (Å²) in [6.45, 7) is 1.90. The van der Waals surface area contributed by atoms with Crippen LogP contribution in [-0.4, -0.2) is 24.4 Å². The van der Waals surface area contributed by atoms with Gasteiger partial charge in [-0.2, -0.15) is 0 Å². The van der Waals surface area contributed by atoms with Crippen molar-refractivity contribution >= 4 is 11.8 Å². The molecule has 1 unspecified atom stereocenters. The molecule has 74 valence electrons. The summed E-state index contributed by atoms with van der Waals surface area (Å²) >= 11 is 0. The number of hydrogen-bond donors (Lipinski definition) is 3. The number of hydrogen-bond acceptors (Lipinski definition) is 3. The van der Waals surface area contributed by atoms with Crippen LogP contribution in [0.5, 0.6) is 0 Å². The number of nitrogens with one attached hydrogen (secondary N) is 1. The van der Waals surface area contributed by atoms with E-state index < -0.39 is 17.4 Å². The Hall–Kier alpha value is -1.10. The van der Waals surface area contributed by atoms with Crippen molar-refractivity contribution in [3.63, 3.8) is 0 Å². The molecule has 5 heteroatoms. The van der Waals surface area contributed by atoms with Gasteiger partial charge in [0.15, 0.2) is 0 Å². The molecule has 1 aliphatic carbocycles. The molecular formula is C8H15N3O2. The fraction of sp³-hybridized carbons (Fsp3) is 0.750. The number of carbonyl (C=O) groups excluding carboxylic acids is 2. The number of nitrogens with two attached hydrogens (primary N) is 2. The van der Waals surface area contributed by atoms with Crippen LogP contribution >= 0.6 is 0 Å². The van der Waals surface area contributed by atoms with E-state index in [-0.39, 0.29) is 5.91 Å². The Morgan fingerprint density at radius 1 is 1.54 bits per heavy atom. The van der Waals surface area contributed by atoms with Crippen molar-refractivity contribution in [2.45, 2.75) is 25.8 Å². The van der Waals surface area contributed by atoms with Crippen LogP contribution in [0.2, 0.25) is 0 Å². The first-order valence-corrected chi connectivity index (χ1v) is 4.32. The first-order valence-electron chi connectivity index (χ1n) is 4.32. The third kappa shape index (κ3) is 1.98. The predicted molar refractivity (Wildman–Crippen MR) is 47.5 cm³/mol. The highest BCUT2D eigenvalue weighted by Gasteiger charge is 2.48. The average Bonchev–Trinajstić information content (AvgIpc) is 2.84. The zero-order valence-electron chi connectivity index (χ0n) is 7.67. The molecule has 1 atom stereocenters. The summed E-state index contributed by atoms with van der Waals surface area (Å²) < 4.78 is 0. The quantitative estimate of drug-likeness (QED) is 0.508. The highest BCUT2D eigenvalue weighted by molar-refractivity contribution is 5.90. The minimum absolute atomic E-state index is 0.152. The van der Waals surface area contributed by atoms with Gasteiger partial charge in [0.05, 0.1) is 5.41 Å². The van der Waals surface area contributed by atoms with E-state index in [9.17, 15) is 9.59 Å². The van der Waals surface area contributed by atoms with Crippen LogP contribution in [-0.2, 0) is 9.59 Å². The van der Waals surface area contributed by atoms with Crippen molar-refractivity contribution < 1.29 is 9.59 Å². The molecule has 0 aromatic rings. The third-order valence-electron chi connectivity index (χ3n) is 2.50. The van der Waals surface area contributed by atoms with Crippen LogP contribution in [0.4, 0.5) is 0 Å². The monoisotopic (exact) mass is 185 g/mol. The number of primary amides is 1. The average molecular weight is 185 g/mol. The molecule has 0 saturated heterocycles. The number of rotatable bonds is 4. The van der Waals surface area contributed by atoms with Gasteiger partial charge in [0.2, 0.25) is 11.8 Å². The van der Waals surface area contributed by atoms with Crippen molar-refractivity contribution in [3.8, 4) is 0 Å². The zero-order valence-corrected chi connectivity index (χ0v) is 7.67. The van der Waals surface area contributed by atoms with E-state index in [2.05, 4.69) is 5.32 Å². The lowest BCUT2D eigenvalue weighted by Crippen LogP contribution is -2.46. The van der Waals surface area contributed by atoms with Crippen molar-refractivity contribution in [1.82, 2.24) is 5.32 Å². The minimum atomic E-state index is -0.614. The highest BCUT2D eigenvalue weighted by Crippen LogP contribution is 2.44. The molecule has 0 heterocycles. The van der Waals surface area contributed by atoms with E-state index in [1.54, 1.807) is 6.92 Å². The van der Waals surface area contributed by atoms with Crippen LogP contribution in [0.15, 0.2) is 0 Å². The Balaban J connectivity index is 2.46. The Bertz CT molecular complexity index is 236. The van der Waals surface area contributed by atoms with Gasteiger partial charge in [0.25, 0.3) is 0 Å². The second-order valence-electron chi connectivity index (χ2n) is 3.58. The van der Waals surface area contributed by atoms with E-state index in [4.69, 9.17) is 11.5 Å². The van der Waals surface area contributed by atoms with Gasteiger partial charge in [0.1, 0.15) is 6.04 Å². The maximum absolute atomic E-state index is 11.5. The maximum atomic E-state index is 11.5. The summed E-state index contributed by atoms with van der Waals surface area (Å²) in [5, 5.41) is 2.54. The lowest BCUT2D eigenvalue weighted by atomic mass is 10.1. The SMILES string of the molecule is CC(NC(=O)C1(CN)CC1)C(N)=O. The van der Waals surface area contributed by atoms with Gasteiger partial charge in [0, 0.05) is 6.54 Å². The van der Waals surface area contributed by atoms with Crippen LogP contribution in [0.25, 0.3) is 0 Å². The molecule has 0 radical (unpaired) electrons. The van der Waals surface area contributed by atoms with Gasteiger partial charge in [-0.15, -0.1) is 0 Å². The Kier molecular flexibility index (Phi) is 2.56. The molecule has 0 spiro atoms. The molecule has 1 rings (SSSR count). The zero-order chi connectivity index (χ0) is 10.1. The van der Waals surface area contributed by atoms with E-state index in [0.717, 1.165) is 12.8 Å². The molecule has 0 aliphatic heterocycles. The fourth-order valence-corrected chi connectivity index (χ4v) is 1.10. The number of amides is 2. The maximum Gasteiger partial charge on any atom is 0.239 e. The second kappa shape index (κ2) is 3.33. The summed E-state index contributed by atoms with van der Waals surface area (Å²) in [6, 6.07) is -0.614. The van der Waals surface area contributed by atoms with Crippen molar-refractivity contribution in [1.29, 1.82) is 0 Å². The smallest absolute Gasteiger partial charge is 0.239 e. The van der Waals surface area contributed by atoms with Crippen LogP contribution in [0, 0.1) is 5.41 Å². The molecule has 1 saturated carbocycles. The summed E-state index contributed by atoms with van der Waals surface area (Å²) in [4.78, 5) is 22.1. The van der Waals surface area contributed by atoms with Gasteiger partial charge < -0.3 is 16.8 Å². The predicted octanol–water partition coefficient (Wildman–Crippen LogP) is -1.28. The van der Waals surface area contributed by atoms with Gasteiger partial charge in [-0.25, -0.2) is 0 Å². The summed E-state index contributed by atoms with van der Waals surface area (Å²) in [5.74, 6) is -0.678. The second-order valence-corrected chi connectivity index (χ2v) is 3.58. The molecular weight excluding hydrogens is 170 g/mol. The van der Waals surface area contributed by atoms with Gasteiger partial charge in [-0.05, 0) is 19.8 Å². The van der Waals surface area contributed by atoms with E-state index >= 15 is 0 Å². The summed E-state index contributed by atoms with van der Waals surface area (Å²) in [7, 11) is 0. The van der Waals surface area contributed by atoms with Crippen molar-refractivity contribution in [3.05, 3.63) is 0 Å². The molecule has 0 aromatic carbocycles. The van der Waals surface area contributed by atoms with Crippen molar-refractivity contribution in [2.75, 3.05) is 6.54 Å². The topological polar surface area (TPSA) is 98.2 Å². The Morgan fingerprint density at radius 2 is 2.08 bits per heavy atom. The van der Waals surface area contributed by atoms with E-state index in [1.165, 1.54) is 0 Å². The molecule has 1 aliphatic rings. The normalized spacial score (nSPS) is 20.5. The minimum Gasteiger partial charge on any atom is -0.368 e. The highest BCUT2D eigenvalue weighted by atomic mass is 16.2. The Labute approximate surface area is 76.8 Å². The van der Waals surface area contributed by atoms with Gasteiger partial charge in [-0.3, -0.25) is 9.59 Å². The van der Waals surface area contributed by atoms with E-state index in [1.807, 2.05) is 0 Å². The van der Waals surface area contributed by atoms with Gasteiger partial charge in [-0.1, -0.05) is 0 Å². The molecule has 5 nitrogen and oxygen atoms in total. The lowest BCUT2D eigenvalue weighted by molar-refractivity contribution is -0.130. The Morgan fingerprint density at radius 3 is 2.38 bits per heavy atom. The molecule has 5 N–H and O–H groups in total. The molecule has 13 heavy (non-hydrogen) atoms. The largest absolute Gasteiger partial charge is 0.368 e. The molecule has 0 aromatic heterocycles. The van der Waals surface area contributed by atoms with Crippen LogP contribution < -0.4 is 16.8 Å². The third-order valence-corrected chi connectivity index (χ3v) is 2.50. The van der Waals surface area contributed by atoms with Crippen LogP contribution in [0.3, 0.4) is 0 Å². The lowest BCUT2D eigenvalue weighted by Gasteiger charge is -2.15. The molecule has 1 fully saturated rings. The van der Waals surface area contributed by atoms with Crippen LogP contribution in [0.1, 0.15) is 19.8 Å². The first-order chi connectivity index (χ1) is 6.02. The first kappa shape index (κ1) is 9.98. The number of carbonyl (C=O) groups is 2. The summed E-state index contributed by atoms with van der Waals surface area (Å²) in [6.07, 6.45) is 1.61. The van der Waals surface area contributed by atoms with E-state index in [0.29, 0.717) is 6.54 Å². The fourth-order valence-electron chi connectivity index (χ4n) is 1.10. The molecule has 2 amide bonds. The van der Waals surface area contributed by atoms with Gasteiger partial charge >= 0.3 is 0 Å².